The number of hydrogen-bond acceptors (Lipinski definition) is 5. The number of rotatable bonds is 5. The first-order valence-electron chi connectivity index (χ1n) is 8.94. The van der Waals surface area contributed by atoms with Gasteiger partial charge in [0.25, 0.3) is 0 Å². The first-order chi connectivity index (χ1) is 14.6. The first kappa shape index (κ1) is 20.3. The molecule has 0 aliphatic heterocycles. The highest BCUT2D eigenvalue weighted by Crippen LogP contribution is 2.43. The number of carbonyl (C=O) groups excluding carboxylic acids is 1. The van der Waals surface area contributed by atoms with E-state index in [2.05, 4.69) is 20.8 Å². The smallest absolute Gasteiger partial charge is 0.308 e. The van der Waals surface area contributed by atoms with Gasteiger partial charge in [-0.2, -0.15) is 0 Å². The lowest BCUT2D eigenvalue weighted by Gasteiger charge is -2.16. The van der Waals surface area contributed by atoms with Crippen molar-refractivity contribution >= 4 is 62.3 Å². The van der Waals surface area contributed by atoms with Crippen LogP contribution in [0.25, 0.3) is 0 Å². The SMILES string of the molecule is O=C(Nc1ccc(Cl)cc1)Nc1nnc(P(=O)(c2ccccc2)c2ccccc2)s1. The summed E-state index contributed by atoms with van der Waals surface area (Å²) >= 11 is 6.95. The van der Waals surface area contributed by atoms with Crippen molar-refractivity contribution in [3.05, 3.63) is 90.0 Å². The minimum absolute atomic E-state index is 0.253. The Labute approximate surface area is 182 Å². The lowest BCUT2D eigenvalue weighted by Crippen LogP contribution is -2.24. The average Bonchev–Trinajstić information content (AvgIpc) is 3.25. The maximum absolute atomic E-state index is 14.2. The molecule has 2 N–H and O–H groups in total. The number of urea groups is 1. The number of nitrogens with zero attached hydrogens (tertiary/aromatic N) is 2. The third-order valence-electron chi connectivity index (χ3n) is 4.25. The molecule has 0 radical (unpaired) electrons. The van der Waals surface area contributed by atoms with Crippen LogP contribution in [0.5, 0.6) is 0 Å². The summed E-state index contributed by atoms with van der Waals surface area (Å²) in [6.07, 6.45) is 0. The molecule has 6 nitrogen and oxygen atoms in total. The Morgan fingerprint density at radius 3 is 1.93 bits per heavy atom. The van der Waals surface area contributed by atoms with Crippen molar-refractivity contribution in [3.63, 3.8) is 0 Å². The van der Waals surface area contributed by atoms with Crippen LogP contribution >= 0.6 is 30.1 Å². The fraction of sp³-hybridized carbons (Fsp3) is 0. The van der Waals surface area contributed by atoms with Crippen LogP contribution in [0.15, 0.2) is 84.9 Å². The largest absolute Gasteiger partial charge is 0.325 e. The number of carbonyl (C=O) groups is 1. The van der Waals surface area contributed by atoms with Gasteiger partial charge in [-0.3, -0.25) is 5.32 Å². The number of halogens is 1. The number of benzene rings is 3. The minimum atomic E-state index is -3.21. The van der Waals surface area contributed by atoms with Crippen LogP contribution in [0.1, 0.15) is 0 Å². The molecular weight excluding hydrogens is 439 g/mol. The van der Waals surface area contributed by atoms with Crippen molar-refractivity contribution in [2.24, 2.45) is 0 Å². The summed E-state index contributed by atoms with van der Waals surface area (Å²) in [7, 11) is -3.21. The Kier molecular flexibility index (Phi) is 5.95. The average molecular weight is 455 g/mol. The highest BCUT2D eigenvalue weighted by Gasteiger charge is 2.33. The van der Waals surface area contributed by atoms with Crippen molar-refractivity contribution in [3.8, 4) is 0 Å². The van der Waals surface area contributed by atoms with E-state index in [1.807, 2.05) is 60.7 Å². The van der Waals surface area contributed by atoms with E-state index in [9.17, 15) is 9.36 Å². The summed E-state index contributed by atoms with van der Waals surface area (Å²) in [6, 6.07) is 24.6. The topological polar surface area (TPSA) is 84.0 Å². The van der Waals surface area contributed by atoms with E-state index in [4.69, 9.17) is 11.6 Å². The molecule has 30 heavy (non-hydrogen) atoms. The van der Waals surface area contributed by atoms with E-state index in [1.165, 1.54) is 0 Å². The van der Waals surface area contributed by atoms with Crippen molar-refractivity contribution < 1.29 is 9.36 Å². The fourth-order valence-corrected chi connectivity index (χ4v) is 6.94. The van der Waals surface area contributed by atoms with E-state index < -0.39 is 13.2 Å². The van der Waals surface area contributed by atoms with Crippen molar-refractivity contribution in [2.75, 3.05) is 10.6 Å². The van der Waals surface area contributed by atoms with Crippen LogP contribution in [-0.4, -0.2) is 16.2 Å². The molecule has 3 aromatic carbocycles. The predicted octanol–water partition coefficient (Wildman–Crippen LogP) is 4.47. The van der Waals surface area contributed by atoms with Crippen LogP contribution in [0, 0.1) is 0 Å². The standard InChI is InChI=1S/C21H16ClN4O2PS/c22-15-11-13-16(14-12-15)23-19(27)24-20-25-26-21(30-20)29(28,17-7-3-1-4-8-17)18-9-5-2-6-10-18/h1-14H,(H2,23,24,25,27). The van der Waals surface area contributed by atoms with Gasteiger partial charge in [0, 0.05) is 21.3 Å². The molecule has 0 aliphatic rings. The lowest BCUT2D eigenvalue weighted by atomic mass is 10.3. The van der Waals surface area contributed by atoms with Crippen LogP contribution < -0.4 is 26.0 Å². The van der Waals surface area contributed by atoms with Gasteiger partial charge in [0.2, 0.25) is 5.13 Å². The van der Waals surface area contributed by atoms with E-state index in [0.29, 0.717) is 26.1 Å². The fourth-order valence-electron chi connectivity index (χ4n) is 2.83. The zero-order valence-corrected chi connectivity index (χ0v) is 18.0. The molecule has 0 bridgehead atoms. The van der Waals surface area contributed by atoms with Gasteiger partial charge in [-0.1, -0.05) is 83.6 Å². The van der Waals surface area contributed by atoms with Gasteiger partial charge in [-0.15, -0.1) is 10.2 Å². The second-order valence-corrected chi connectivity index (χ2v) is 10.6. The molecule has 0 spiro atoms. The summed E-state index contributed by atoms with van der Waals surface area (Å²) in [5.41, 5.74) is 0.584. The number of anilines is 2. The van der Waals surface area contributed by atoms with Crippen molar-refractivity contribution in [1.29, 1.82) is 0 Å². The van der Waals surface area contributed by atoms with Gasteiger partial charge in [-0.25, -0.2) is 4.79 Å². The van der Waals surface area contributed by atoms with E-state index in [0.717, 1.165) is 11.3 Å². The molecule has 150 valence electrons. The summed E-state index contributed by atoms with van der Waals surface area (Å²) in [5.74, 6) is 0. The molecule has 4 rings (SSSR count). The Bertz CT molecular complexity index is 1160. The number of aromatic nitrogens is 2. The third kappa shape index (κ3) is 4.28. The number of amides is 2. The van der Waals surface area contributed by atoms with Crippen molar-refractivity contribution in [1.82, 2.24) is 10.2 Å². The summed E-state index contributed by atoms with van der Waals surface area (Å²) in [4.78, 5) is 12.3. The summed E-state index contributed by atoms with van der Waals surface area (Å²) in [5, 5.41) is 15.7. The monoisotopic (exact) mass is 454 g/mol. The molecule has 4 aromatic rings. The van der Waals surface area contributed by atoms with Gasteiger partial charge in [0.15, 0.2) is 11.9 Å². The quantitative estimate of drug-likeness (QED) is 0.436. The second kappa shape index (κ2) is 8.79. The highest BCUT2D eigenvalue weighted by molar-refractivity contribution is 7.89. The Balaban J connectivity index is 1.61. The molecule has 0 saturated carbocycles. The van der Waals surface area contributed by atoms with E-state index in [1.54, 1.807) is 24.3 Å². The molecule has 0 atom stereocenters. The molecule has 9 heteroatoms. The van der Waals surface area contributed by atoms with Crippen LogP contribution in [0.2, 0.25) is 5.02 Å². The van der Waals surface area contributed by atoms with Crippen LogP contribution in [0.3, 0.4) is 0 Å². The van der Waals surface area contributed by atoms with Gasteiger partial charge >= 0.3 is 6.03 Å². The molecular formula is C21H16ClN4O2PS. The molecule has 1 aromatic heterocycles. The first-order valence-corrected chi connectivity index (χ1v) is 11.8. The molecule has 2 amide bonds. The van der Waals surface area contributed by atoms with Crippen LogP contribution in [0.4, 0.5) is 15.6 Å². The predicted molar refractivity (Wildman–Crippen MR) is 123 cm³/mol. The van der Waals surface area contributed by atoms with Crippen LogP contribution in [-0.2, 0) is 4.57 Å². The Hall–Kier alpha value is -2.99. The maximum Gasteiger partial charge on any atom is 0.325 e. The molecule has 0 unspecified atom stereocenters. The van der Waals surface area contributed by atoms with E-state index in [-0.39, 0.29) is 5.13 Å². The lowest BCUT2D eigenvalue weighted by molar-refractivity contribution is 0.262. The highest BCUT2D eigenvalue weighted by atomic mass is 35.5. The number of nitrogens with one attached hydrogen (secondary N) is 2. The zero-order chi connectivity index (χ0) is 21.0. The number of hydrogen-bond donors (Lipinski definition) is 2. The van der Waals surface area contributed by atoms with Gasteiger partial charge in [0.05, 0.1) is 0 Å². The van der Waals surface area contributed by atoms with Crippen molar-refractivity contribution in [2.45, 2.75) is 0 Å². The molecule has 0 fully saturated rings. The van der Waals surface area contributed by atoms with Gasteiger partial charge < -0.3 is 9.88 Å². The normalized spacial score (nSPS) is 11.1. The third-order valence-corrected chi connectivity index (χ3v) is 8.86. The Morgan fingerprint density at radius 2 is 1.37 bits per heavy atom. The zero-order valence-electron chi connectivity index (χ0n) is 15.5. The van der Waals surface area contributed by atoms with E-state index >= 15 is 0 Å². The van der Waals surface area contributed by atoms with Gasteiger partial charge in [-0.05, 0) is 24.3 Å². The molecule has 1 heterocycles. The maximum atomic E-state index is 14.2. The molecule has 0 saturated heterocycles. The second-order valence-electron chi connectivity index (χ2n) is 6.26. The Morgan fingerprint density at radius 1 is 0.800 bits per heavy atom. The summed E-state index contributed by atoms with van der Waals surface area (Å²) in [6.45, 7) is 0. The molecule has 0 aliphatic carbocycles. The minimum Gasteiger partial charge on any atom is -0.308 e. The van der Waals surface area contributed by atoms with Gasteiger partial charge in [0.1, 0.15) is 0 Å². The summed E-state index contributed by atoms with van der Waals surface area (Å²) < 4.78 is 14.6.